The van der Waals surface area contributed by atoms with Gasteiger partial charge >= 0.3 is 0 Å². The summed E-state index contributed by atoms with van der Waals surface area (Å²) in [5.41, 5.74) is 1.22. The summed E-state index contributed by atoms with van der Waals surface area (Å²) < 4.78 is 2.13. The van der Waals surface area contributed by atoms with Crippen LogP contribution in [0.15, 0.2) is 17.8 Å². The lowest BCUT2D eigenvalue weighted by atomic mass is 9.93. The van der Waals surface area contributed by atoms with E-state index in [0.29, 0.717) is 6.04 Å². The number of rotatable bonds is 6. The summed E-state index contributed by atoms with van der Waals surface area (Å²) in [6.45, 7) is 5.63. The molecule has 3 rings (SSSR count). The van der Waals surface area contributed by atoms with Crippen LogP contribution in [0, 0.1) is 11.8 Å². The molecular formula is C14H21N3S. The Morgan fingerprint density at radius 3 is 3.06 bits per heavy atom. The molecule has 0 aliphatic heterocycles. The molecule has 1 aliphatic carbocycles. The third-order valence-electron chi connectivity index (χ3n) is 4.04. The average molecular weight is 263 g/mol. The Morgan fingerprint density at radius 2 is 2.39 bits per heavy atom. The summed E-state index contributed by atoms with van der Waals surface area (Å²) in [5, 5.41) is 5.73. The Kier molecular flexibility index (Phi) is 3.39. The van der Waals surface area contributed by atoms with Gasteiger partial charge in [0.2, 0.25) is 0 Å². The van der Waals surface area contributed by atoms with Crippen molar-refractivity contribution in [2.75, 3.05) is 6.54 Å². The Morgan fingerprint density at radius 1 is 1.56 bits per heavy atom. The molecule has 2 heterocycles. The fraction of sp³-hybridized carbons (Fsp3) is 0.643. The topological polar surface area (TPSA) is 29.3 Å². The lowest BCUT2D eigenvalue weighted by Crippen LogP contribution is -2.37. The minimum atomic E-state index is 0.576. The summed E-state index contributed by atoms with van der Waals surface area (Å²) in [6.07, 6.45) is 8.15. The molecule has 0 radical (unpaired) electrons. The van der Waals surface area contributed by atoms with Crippen LogP contribution in [-0.2, 0) is 6.42 Å². The first-order valence-corrected chi connectivity index (χ1v) is 7.80. The summed E-state index contributed by atoms with van der Waals surface area (Å²) in [5.74, 6) is 1.71. The van der Waals surface area contributed by atoms with E-state index in [4.69, 9.17) is 4.98 Å². The van der Waals surface area contributed by atoms with Crippen LogP contribution in [0.5, 0.6) is 0 Å². The van der Waals surface area contributed by atoms with Crippen LogP contribution in [0.4, 0.5) is 0 Å². The molecule has 1 fully saturated rings. The van der Waals surface area contributed by atoms with Crippen molar-refractivity contribution < 1.29 is 0 Å². The second-order valence-electron chi connectivity index (χ2n) is 5.39. The van der Waals surface area contributed by atoms with Gasteiger partial charge < -0.3 is 5.32 Å². The van der Waals surface area contributed by atoms with Crippen molar-refractivity contribution in [3.05, 3.63) is 23.5 Å². The summed E-state index contributed by atoms with van der Waals surface area (Å²) in [4.78, 5) is 5.81. The fourth-order valence-electron chi connectivity index (χ4n) is 2.76. The molecule has 2 atom stereocenters. The number of fused-ring (bicyclic) bond motifs is 1. The second-order valence-corrected chi connectivity index (χ2v) is 6.26. The highest BCUT2D eigenvalue weighted by Gasteiger charge is 2.33. The number of likely N-dealkylation sites (N-methyl/N-ethyl adjacent to an activating group) is 1. The van der Waals surface area contributed by atoms with Gasteiger partial charge in [0.1, 0.15) is 0 Å². The van der Waals surface area contributed by atoms with Gasteiger partial charge in [-0.1, -0.05) is 13.8 Å². The lowest BCUT2D eigenvalue weighted by molar-refractivity contribution is 0.343. The molecule has 1 saturated carbocycles. The first kappa shape index (κ1) is 12.2. The van der Waals surface area contributed by atoms with Crippen molar-refractivity contribution in [3.63, 3.8) is 0 Å². The number of nitrogens with zero attached hydrogens (tertiary/aromatic N) is 2. The Balaban J connectivity index is 1.72. The minimum absolute atomic E-state index is 0.576. The zero-order valence-electron chi connectivity index (χ0n) is 11.1. The van der Waals surface area contributed by atoms with Crippen molar-refractivity contribution in [2.24, 2.45) is 11.8 Å². The molecule has 0 bridgehead atoms. The van der Waals surface area contributed by atoms with Gasteiger partial charge in [-0.3, -0.25) is 4.40 Å². The third-order valence-corrected chi connectivity index (χ3v) is 4.81. The van der Waals surface area contributed by atoms with E-state index in [9.17, 15) is 0 Å². The third kappa shape index (κ3) is 2.45. The van der Waals surface area contributed by atoms with Crippen LogP contribution >= 0.6 is 11.3 Å². The molecule has 3 nitrogen and oxygen atoms in total. The maximum atomic E-state index is 4.70. The van der Waals surface area contributed by atoms with E-state index >= 15 is 0 Å². The zero-order valence-corrected chi connectivity index (χ0v) is 11.9. The molecular weight excluding hydrogens is 242 g/mol. The summed E-state index contributed by atoms with van der Waals surface area (Å²) >= 11 is 1.71. The molecule has 0 aromatic carbocycles. The van der Waals surface area contributed by atoms with Gasteiger partial charge in [-0.25, -0.2) is 4.98 Å². The lowest BCUT2D eigenvalue weighted by Gasteiger charge is -2.24. The Bertz CT molecular complexity index is 483. The van der Waals surface area contributed by atoms with Crippen LogP contribution < -0.4 is 5.32 Å². The van der Waals surface area contributed by atoms with Crippen molar-refractivity contribution in [1.82, 2.24) is 14.7 Å². The van der Waals surface area contributed by atoms with E-state index in [1.807, 2.05) is 0 Å². The predicted molar refractivity (Wildman–Crippen MR) is 76.1 cm³/mol. The van der Waals surface area contributed by atoms with Crippen LogP contribution in [0.3, 0.4) is 0 Å². The summed E-state index contributed by atoms with van der Waals surface area (Å²) in [6, 6.07) is 0.576. The first-order chi connectivity index (χ1) is 8.78. The number of nitrogens with one attached hydrogen (secondary N) is 1. The fourth-order valence-corrected chi connectivity index (χ4v) is 3.48. The van der Waals surface area contributed by atoms with Crippen molar-refractivity contribution in [1.29, 1.82) is 0 Å². The highest BCUT2D eigenvalue weighted by atomic mass is 32.1. The smallest absolute Gasteiger partial charge is 0.193 e. The predicted octanol–water partition coefficient (Wildman–Crippen LogP) is 2.96. The van der Waals surface area contributed by atoms with Gasteiger partial charge in [0, 0.05) is 30.2 Å². The van der Waals surface area contributed by atoms with Gasteiger partial charge in [-0.2, -0.15) is 0 Å². The van der Waals surface area contributed by atoms with Gasteiger partial charge in [0.25, 0.3) is 0 Å². The monoisotopic (exact) mass is 263 g/mol. The van der Waals surface area contributed by atoms with Gasteiger partial charge in [0.15, 0.2) is 4.96 Å². The molecule has 98 valence electrons. The first-order valence-electron chi connectivity index (χ1n) is 6.92. The van der Waals surface area contributed by atoms with Crippen LogP contribution in [0.25, 0.3) is 4.96 Å². The Hall–Kier alpha value is -0.870. The molecule has 18 heavy (non-hydrogen) atoms. The molecule has 1 aliphatic rings. The Labute approximate surface area is 112 Å². The van der Waals surface area contributed by atoms with Gasteiger partial charge in [-0.05, 0) is 31.2 Å². The zero-order chi connectivity index (χ0) is 12.5. The molecule has 2 aromatic heterocycles. The average Bonchev–Trinajstić information content (AvgIpc) is 2.99. The summed E-state index contributed by atoms with van der Waals surface area (Å²) in [7, 11) is 0. The molecule has 1 N–H and O–H groups in total. The number of thiazole rings is 1. The maximum Gasteiger partial charge on any atom is 0.193 e. The van der Waals surface area contributed by atoms with Crippen molar-refractivity contribution in [3.8, 4) is 0 Å². The van der Waals surface area contributed by atoms with E-state index < -0.39 is 0 Å². The number of aromatic nitrogens is 2. The van der Waals surface area contributed by atoms with Gasteiger partial charge in [0.05, 0.1) is 5.69 Å². The quantitative estimate of drug-likeness (QED) is 0.868. The number of imidazole rings is 1. The van der Waals surface area contributed by atoms with Crippen molar-refractivity contribution in [2.45, 2.75) is 39.2 Å². The normalized spacial score (nSPS) is 19.2. The van der Waals surface area contributed by atoms with Crippen molar-refractivity contribution >= 4 is 16.3 Å². The largest absolute Gasteiger partial charge is 0.314 e. The van der Waals surface area contributed by atoms with Gasteiger partial charge in [-0.15, -0.1) is 11.3 Å². The molecule has 0 amide bonds. The van der Waals surface area contributed by atoms with E-state index in [-0.39, 0.29) is 0 Å². The standard InChI is InChI=1S/C14H21N3S/c1-3-15-13(10(2)11-4-5-11)8-12-9-17-6-7-18-14(17)16-12/h6-7,9-11,13,15H,3-5,8H2,1-2H3. The SMILES string of the molecule is CCNC(Cc1cn2ccsc2n1)C(C)C1CC1. The maximum absolute atomic E-state index is 4.70. The van der Waals surface area contributed by atoms with E-state index in [0.717, 1.165) is 29.8 Å². The van der Waals surface area contributed by atoms with Crippen LogP contribution in [0.2, 0.25) is 0 Å². The molecule has 4 heteroatoms. The molecule has 2 aromatic rings. The van der Waals surface area contributed by atoms with E-state index in [2.05, 4.69) is 41.3 Å². The minimum Gasteiger partial charge on any atom is -0.314 e. The second kappa shape index (κ2) is 5.02. The highest BCUT2D eigenvalue weighted by molar-refractivity contribution is 7.15. The van der Waals surface area contributed by atoms with E-state index in [1.54, 1.807) is 11.3 Å². The molecule has 0 spiro atoms. The number of hydrogen-bond donors (Lipinski definition) is 1. The molecule has 2 unspecified atom stereocenters. The van der Waals surface area contributed by atoms with Crippen LogP contribution in [0.1, 0.15) is 32.4 Å². The highest BCUT2D eigenvalue weighted by Crippen LogP contribution is 2.38. The van der Waals surface area contributed by atoms with Crippen LogP contribution in [-0.4, -0.2) is 22.0 Å². The number of hydrogen-bond acceptors (Lipinski definition) is 3. The van der Waals surface area contributed by atoms with E-state index in [1.165, 1.54) is 18.5 Å². The molecule has 0 saturated heterocycles.